The van der Waals surface area contributed by atoms with Gasteiger partial charge in [0.25, 0.3) is 0 Å². The summed E-state index contributed by atoms with van der Waals surface area (Å²) in [5.41, 5.74) is 1.03. The lowest BCUT2D eigenvalue weighted by Crippen LogP contribution is -2.44. The summed E-state index contributed by atoms with van der Waals surface area (Å²) in [5.74, 6) is 1.96. The fraction of sp³-hybridized carbons (Fsp3) is 0.217. The molecule has 0 saturated carbocycles. The van der Waals surface area contributed by atoms with Crippen LogP contribution in [0.4, 0.5) is 0 Å². The highest BCUT2D eigenvalue weighted by Crippen LogP contribution is 2.17. The van der Waals surface area contributed by atoms with Crippen LogP contribution >= 0.6 is 23.5 Å². The van der Waals surface area contributed by atoms with Crippen molar-refractivity contribution in [1.82, 2.24) is 5.32 Å². The first-order chi connectivity index (χ1) is 14.2. The topological polar surface area (TPSA) is 59.3 Å². The summed E-state index contributed by atoms with van der Waals surface area (Å²) in [6, 6.07) is 22.7. The Bertz CT molecular complexity index is 883. The van der Waals surface area contributed by atoms with Crippen molar-refractivity contribution in [3.63, 3.8) is 0 Å². The number of benzene rings is 2. The molecule has 29 heavy (non-hydrogen) atoms. The van der Waals surface area contributed by atoms with Gasteiger partial charge in [-0.2, -0.15) is 0 Å². The minimum Gasteiger partial charge on any atom is -0.468 e. The second-order valence-electron chi connectivity index (χ2n) is 6.45. The molecule has 0 fully saturated rings. The minimum atomic E-state index is -0.537. The number of hydrogen-bond donors (Lipinski definition) is 1. The molecule has 0 aliphatic heterocycles. The molecule has 0 saturated heterocycles. The Morgan fingerprint density at radius 3 is 2.31 bits per heavy atom. The van der Waals surface area contributed by atoms with Crippen LogP contribution in [0.25, 0.3) is 0 Å². The van der Waals surface area contributed by atoms with Crippen molar-refractivity contribution in [2.45, 2.75) is 23.1 Å². The molecular weight excluding hydrogens is 402 g/mol. The molecule has 1 aromatic heterocycles. The van der Waals surface area contributed by atoms with Crippen molar-refractivity contribution in [3.8, 4) is 0 Å². The Morgan fingerprint density at radius 2 is 1.62 bits per heavy atom. The SMILES string of the molecule is O=C(CSc1ccccc1)NC(Cc1ccccc1)C(=O)CSCc1ccco1. The average molecular weight is 426 g/mol. The first-order valence-corrected chi connectivity index (χ1v) is 11.5. The number of ketones is 1. The Labute approximate surface area is 179 Å². The van der Waals surface area contributed by atoms with E-state index >= 15 is 0 Å². The van der Waals surface area contributed by atoms with Gasteiger partial charge in [0.2, 0.25) is 5.91 Å². The van der Waals surface area contributed by atoms with E-state index in [2.05, 4.69) is 5.32 Å². The van der Waals surface area contributed by atoms with Gasteiger partial charge in [-0.25, -0.2) is 0 Å². The number of amides is 1. The van der Waals surface area contributed by atoms with Gasteiger partial charge in [0, 0.05) is 4.90 Å². The number of furan rings is 1. The first kappa shape index (κ1) is 21.3. The van der Waals surface area contributed by atoms with E-state index in [1.54, 1.807) is 6.26 Å². The molecule has 0 radical (unpaired) electrons. The maximum Gasteiger partial charge on any atom is 0.230 e. The summed E-state index contributed by atoms with van der Waals surface area (Å²) in [5, 5.41) is 2.93. The van der Waals surface area contributed by atoms with Gasteiger partial charge in [0.05, 0.1) is 29.6 Å². The van der Waals surface area contributed by atoms with Crippen LogP contribution in [-0.2, 0) is 21.8 Å². The van der Waals surface area contributed by atoms with Crippen molar-refractivity contribution >= 4 is 35.2 Å². The molecule has 2 aromatic carbocycles. The van der Waals surface area contributed by atoms with E-state index in [0.717, 1.165) is 16.2 Å². The van der Waals surface area contributed by atoms with Crippen LogP contribution < -0.4 is 5.32 Å². The van der Waals surface area contributed by atoms with Crippen molar-refractivity contribution < 1.29 is 14.0 Å². The number of nitrogens with one attached hydrogen (secondary N) is 1. The smallest absolute Gasteiger partial charge is 0.230 e. The van der Waals surface area contributed by atoms with Crippen LogP contribution in [0.1, 0.15) is 11.3 Å². The normalized spacial score (nSPS) is 11.7. The van der Waals surface area contributed by atoms with Gasteiger partial charge in [0.1, 0.15) is 5.76 Å². The van der Waals surface area contributed by atoms with Crippen molar-refractivity contribution in [2.24, 2.45) is 0 Å². The van der Waals surface area contributed by atoms with Crippen LogP contribution in [-0.4, -0.2) is 29.2 Å². The number of hydrogen-bond acceptors (Lipinski definition) is 5. The van der Waals surface area contributed by atoms with E-state index in [9.17, 15) is 9.59 Å². The molecule has 1 heterocycles. The summed E-state index contributed by atoms with van der Waals surface area (Å²) in [7, 11) is 0. The van der Waals surface area contributed by atoms with Crippen LogP contribution in [0.2, 0.25) is 0 Å². The summed E-state index contributed by atoms with van der Waals surface area (Å²) in [4.78, 5) is 26.3. The third-order valence-electron chi connectivity index (χ3n) is 4.19. The number of thioether (sulfide) groups is 2. The lowest BCUT2D eigenvalue weighted by molar-refractivity contribution is -0.125. The Kier molecular flexibility index (Phi) is 8.46. The average Bonchev–Trinajstić information content (AvgIpc) is 3.27. The van der Waals surface area contributed by atoms with Crippen molar-refractivity contribution in [1.29, 1.82) is 0 Å². The number of carbonyl (C=O) groups is 2. The summed E-state index contributed by atoms with van der Waals surface area (Å²) < 4.78 is 5.31. The van der Waals surface area contributed by atoms with E-state index in [-0.39, 0.29) is 17.4 Å². The molecule has 3 rings (SSSR count). The van der Waals surface area contributed by atoms with E-state index in [1.165, 1.54) is 23.5 Å². The lowest BCUT2D eigenvalue weighted by atomic mass is 10.0. The molecule has 6 heteroatoms. The van der Waals surface area contributed by atoms with Crippen molar-refractivity contribution in [3.05, 3.63) is 90.4 Å². The van der Waals surface area contributed by atoms with Gasteiger partial charge in [-0.1, -0.05) is 48.5 Å². The Morgan fingerprint density at radius 1 is 0.897 bits per heavy atom. The number of carbonyl (C=O) groups excluding carboxylic acids is 2. The Hall–Kier alpha value is -2.44. The molecule has 1 atom stereocenters. The highest BCUT2D eigenvalue weighted by atomic mass is 32.2. The van der Waals surface area contributed by atoms with Gasteiger partial charge in [-0.3, -0.25) is 9.59 Å². The molecule has 1 unspecified atom stereocenters. The van der Waals surface area contributed by atoms with Gasteiger partial charge in [-0.15, -0.1) is 23.5 Å². The standard InChI is InChI=1S/C23H23NO3S2/c25-22(16-28-15-19-10-7-13-27-19)21(14-18-8-3-1-4-9-18)24-23(26)17-29-20-11-5-2-6-12-20/h1-13,21H,14-17H2,(H,24,26). The number of rotatable bonds is 11. The predicted octanol–water partition coefficient (Wildman–Crippen LogP) is 4.60. The summed E-state index contributed by atoms with van der Waals surface area (Å²) in [6.45, 7) is 0. The van der Waals surface area contributed by atoms with E-state index < -0.39 is 6.04 Å². The lowest BCUT2D eigenvalue weighted by Gasteiger charge is -2.18. The van der Waals surface area contributed by atoms with E-state index in [1.807, 2.05) is 72.8 Å². The summed E-state index contributed by atoms with van der Waals surface area (Å²) >= 11 is 2.96. The number of Topliss-reactive ketones (excluding diaryl/α,β-unsaturated/α-hetero) is 1. The molecule has 0 spiro atoms. The quantitative estimate of drug-likeness (QED) is 0.455. The molecule has 0 aliphatic carbocycles. The minimum absolute atomic E-state index is 0.0171. The molecule has 0 bridgehead atoms. The maximum absolute atomic E-state index is 12.8. The molecular formula is C23H23NO3S2. The van der Waals surface area contributed by atoms with Gasteiger partial charge in [-0.05, 0) is 36.2 Å². The van der Waals surface area contributed by atoms with Crippen molar-refractivity contribution in [2.75, 3.05) is 11.5 Å². The second kappa shape index (κ2) is 11.5. The van der Waals surface area contributed by atoms with Crippen LogP contribution in [0.5, 0.6) is 0 Å². The monoisotopic (exact) mass is 425 g/mol. The van der Waals surface area contributed by atoms with E-state index in [0.29, 0.717) is 17.9 Å². The van der Waals surface area contributed by atoms with Crippen LogP contribution in [0.15, 0.2) is 88.4 Å². The van der Waals surface area contributed by atoms with E-state index in [4.69, 9.17) is 4.42 Å². The highest BCUT2D eigenvalue weighted by molar-refractivity contribution is 8.00. The Balaban J connectivity index is 1.55. The van der Waals surface area contributed by atoms with Crippen LogP contribution in [0.3, 0.4) is 0 Å². The molecule has 1 amide bonds. The molecule has 1 N–H and O–H groups in total. The fourth-order valence-corrected chi connectivity index (χ4v) is 4.34. The zero-order valence-electron chi connectivity index (χ0n) is 16.0. The highest BCUT2D eigenvalue weighted by Gasteiger charge is 2.21. The second-order valence-corrected chi connectivity index (χ2v) is 8.48. The maximum atomic E-state index is 12.8. The molecule has 150 valence electrons. The molecule has 4 nitrogen and oxygen atoms in total. The molecule has 0 aliphatic rings. The zero-order valence-corrected chi connectivity index (χ0v) is 17.6. The first-order valence-electron chi connectivity index (χ1n) is 9.34. The summed E-state index contributed by atoms with van der Waals surface area (Å²) in [6.07, 6.45) is 2.11. The van der Waals surface area contributed by atoms with Crippen LogP contribution in [0, 0.1) is 0 Å². The predicted molar refractivity (Wildman–Crippen MR) is 119 cm³/mol. The van der Waals surface area contributed by atoms with Gasteiger partial charge >= 0.3 is 0 Å². The fourth-order valence-electron chi connectivity index (χ4n) is 2.74. The zero-order chi connectivity index (χ0) is 20.3. The largest absolute Gasteiger partial charge is 0.468 e. The third kappa shape index (κ3) is 7.48. The van der Waals surface area contributed by atoms with Gasteiger partial charge < -0.3 is 9.73 Å². The molecule has 3 aromatic rings. The third-order valence-corrected chi connectivity index (χ3v) is 6.18. The van der Waals surface area contributed by atoms with Gasteiger partial charge in [0.15, 0.2) is 5.78 Å².